The molecule has 0 spiro atoms. The van der Waals surface area contributed by atoms with Crippen molar-refractivity contribution >= 4 is 50.9 Å². The molecule has 3 aliphatic heterocycles. The molecule has 2 aromatic carbocycles. The summed E-state index contributed by atoms with van der Waals surface area (Å²) in [6.07, 6.45) is 5.78. The summed E-state index contributed by atoms with van der Waals surface area (Å²) in [5.41, 5.74) is 7.62. The second kappa shape index (κ2) is 13.3. The van der Waals surface area contributed by atoms with Gasteiger partial charge in [0.05, 0.1) is 46.4 Å². The van der Waals surface area contributed by atoms with Gasteiger partial charge in [0.1, 0.15) is 5.52 Å². The number of hydrogen-bond donors (Lipinski definition) is 1. The normalized spacial score (nSPS) is 23.6. The van der Waals surface area contributed by atoms with E-state index in [0.29, 0.717) is 64.7 Å². The highest BCUT2D eigenvalue weighted by Gasteiger charge is 2.51. The fraction of sp³-hybridized carbons (Fsp3) is 0.429. The number of aromatic nitrogens is 3. The van der Waals surface area contributed by atoms with Gasteiger partial charge >= 0.3 is 0 Å². The third kappa shape index (κ3) is 5.72. The molecule has 2 aliphatic carbocycles. The van der Waals surface area contributed by atoms with E-state index in [4.69, 9.17) is 32.9 Å². The minimum atomic E-state index is -0.477. The van der Waals surface area contributed by atoms with Crippen molar-refractivity contribution in [2.75, 3.05) is 13.1 Å². The summed E-state index contributed by atoms with van der Waals surface area (Å²) >= 11 is 13.1. The van der Waals surface area contributed by atoms with Crippen molar-refractivity contribution in [1.82, 2.24) is 24.8 Å². The van der Waals surface area contributed by atoms with E-state index in [1.165, 1.54) is 0 Å². The van der Waals surface area contributed by atoms with Gasteiger partial charge in [-0.3, -0.25) is 9.78 Å². The van der Waals surface area contributed by atoms with E-state index in [2.05, 4.69) is 38.8 Å². The van der Waals surface area contributed by atoms with Gasteiger partial charge in [-0.05, 0) is 87.8 Å². The predicted molar refractivity (Wildman–Crippen MR) is 204 cm³/mol. The Morgan fingerprint density at radius 1 is 1.11 bits per heavy atom. The van der Waals surface area contributed by atoms with Crippen molar-refractivity contribution in [2.24, 2.45) is 11.8 Å². The average Bonchev–Trinajstić information content (AvgIpc) is 3.43. The highest BCUT2D eigenvalue weighted by atomic mass is 35.5. The zero-order valence-electron chi connectivity index (χ0n) is 30.1. The van der Waals surface area contributed by atoms with Gasteiger partial charge < -0.3 is 19.5 Å². The Bertz CT molecular complexity index is 2330. The van der Waals surface area contributed by atoms with E-state index in [0.717, 1.165) is 59.2 Å². The molecule has 5 unspecified atom stereocenters. The SMILES string of the molecule is Cc1ccnc(C)c1COC1CC(c2cc3c(C)nc4c(F)c(-c5cccc(Cl)c5Cl)c(CCC#N)cc4c3n2C2C3CNC2C3)N(C(=O)C2CC2)C1. The van der Waals surface area contributed by atoms with Gasteiger partial charge in [-0.15, -0.1) is 0 Å². The van der Waals surface area contributed by atoms with E-state index < -0.39 is 5.82 Å². The fourth-order valence-corrected chi connectivity index (χ4v) is 9.64. The minimum absolute atomic E-state index is 0.0520. The molecule has 272 valence electrons. The molecule has 6 heterocycles. The second-order valence-corrected chi connectivity index (χ2v) is 16.2. The Balaban J connectivity index is 1.22. The van der Waals surface area contributed by atoms with E-state index >= 15 is 4.39 Å². The highest BCUT2D eigenvalue weighted by Crippen LogP contribution is 2.51. The molecule has 5 fully saturated rings. The van der Waals surface area contributed by atoms with Gasteiger partial charge in [0.2, 0.25) is 5.91 Å². The lowest BCUT2D eigenvalue weighted by atomic mass is 9.79. The number of carbonyl (C=O) groups is 1. The summed E-state index contributed by atoms with van der Waals surface area (Å²) in [6.45, 7) is 7.89. The first-order valence-corrected chi connectivity index (χ1v) is 19.4. The van der Waals surface area contributed by atoms with E-state index in [-0.39, 0.29) is 53.0 Å². The van der Waals surface area contributed by atoms with Crippen molar-refractivity contribution in [3.8, 4) is 17.2 Å². The van der Waals surface area contributed by atoms with Gasteiger partial charge in [0.25, 0.3) is 0 Å². The third-order valence-electron chi connectivity index (χ3n) is 12.2. The summed E-state index contributed by atoms with van der Waals surface area (Å²) in [6, 6.07) is 13.9. The van der Waals surface area contributed by atoms with Crippen molar-refractivity contribution in [3.63, 3.8) is 0 Å². The molecule has 5 atom stereocenters. The number of aryl methyl sites for hydroxylation is 4. The van der Waals surface area contributed by atoms with Gasteiger partial charge in [-0.25, -0.2) is 9.37 Å². The zero-order valence-corrected chi connectivity index (χ0v) is 31.6. The monoisotopic (exact) mass is 750 g/mol. The van der Waals surface area contributed by atoms with Gasteiger partial charge in [-0.2, -0.15) is 5.26 Å². The molecule has 5 aromatic rings. The number of halogens is 3. The maximum Gasteiger partial charge on any atom is 0.226 e. The van der Waals surface area contributed by atoms with Crippen LogP contribution in [0.5, 0.6) is 0 Å². The Hall–Kier alpha value is -4.07. The van der Waals surface area contributed by atoms with Crippen LogP contribution in [0, 0.1) is 49.8 Å². The quantitative estimate of drug-likeness (QED) is 0.162. The standard InChI is InChI=1S/C42H41Cl2FN6O2/c1-21-11-13-47-22(2)31(21)20-53-27-16-34(50(19-27)42(52)24-9-10-24)35-17-29-23(3)49-39-30(41(29)51(35)40-26-15-33(40)48-18-26)14-25(6-5-12-46)36(38(39)45)28-7-4-8-32(43)37(28)44/h4,7-8,11,13-14,17,24,26-27,33-34,40,48H,5-6,9-10,15-16,18-20H2,1-3H3. The number of amides is 1. The summed E-state index contributed by atoms with van der Waals surface area (Å²) in [5.74, 6) is 0.183. The number of likely N-dealkylation sites (tertiary alicyclic amines) is 1. The van der Waals surface area contributed by atoms with Gasteiger partial charge in [0, 0.05) is 88.6 Å². The van der Waals surface area contributed by atoms with Crippen LogP contribution < -0.4 is 5.32 Å². The lowest BCUT2D eigenvalue weighted by molar-refractivity contribution is -0.134. The average molecular weight is 752 g/mol. The maximum atomic E-state index is 17.2. The molecule has 10 rings (SSSR count). The molecule has 1 N–H and O–H groups in total. The van der Waals surface area contributed by atoms with Crippen molar-refractivity contribution < 1.29 is 13.9 Å². The summed E-state index contributed by atoms with van der Waals surface area (Å²) < 4.78 is 26.3. The number of carbonyl (C=O) groups excluding carboxylic acids is 1. The van der Waals surface area contributed by atoms with Crippen LogP contribution in [0.4, 0.5) is 4.39 Å². The van der Waals surface area contributed by atoms with Crippen LogP contribution >= 0.6 is 23.2 Å². The number of ether oxygens (including phenoxy) is 1. The predicted octanol–water partition coefficient (Wildman–Crippen LogP) is 8.88. The second-order valence-electron chi connectivity index (χ2n) is 15.4. The Morgan fingerprint density at radius 2 is 1.94 bits per heavy atom. The Morgan fingerprint density at radius 3 is 2.66 bits per heavy atom. The molecule has 2 bridgehead atoms. The molecule has 53 heavy (non-hydrogen) atoms. The summed E-state index contributed by atoms with van der Waals surface area (Å²) in [4.78, 5) is 25.5. The van der Waals surface area contributed by atoms with Crippen molar-refractivity contribution in [1.29, 1.82) is 5.26 Å². The first kappa shape index (κ1) is 34.7. The minimum Gasteiger partial charge on any atom is -0.372 e. The molecule has 5 aliphatic rings. The van der Waals surface area contributed by atoms with Gasteiger partial charge in [0.15, 0.2) is 5.82 Å². The van der Waals surface area contributed by atoms with Crippen LogP contribution in [0.2, 0.25) is 10.0 Å². The molecule has 8 nitrogen and oxygen atoms in total. The number of nitriles is 1. The van der Waals surface area contributed by atoms with Crippen LogP contribution in [-0.2, 0) is 22.6 Å². The molecule has 3 saturated heterocycles. The number of nitrogens with zero attached hydrogens (tertiary/aromatic N) is 5. The van der Waals surface area contributed by atoms with Crippen LogP contribution in [0.1, 0.15) is 78.0 Å². The Labute approximate surface area is 318 Å². The van der Waals surface area contributed by atoms with Crippen molar-refractivity contribution in [2.45, 2.75) is 90.1 Å². The highest BCUT2D eigenvalue weighted by molar-refractivity contribution is 6.43. The Kier molecular flexibility index (Phi) is 8.73. The molecule has 3 aromatic heterocycles. The van der Waals surface area contributed by atoms with Crippen LogP contribution in [0.15, 0.2) is 42.6 Å². The number of rotatable bonds is 9. The smallest absolute Gasteiger partial charge is 0.226 e. The topological polar surface area (TPSA) is 96.1 Å². The van der Waals surface area contributed by atoms with E-state index in [1.807, 2.05) is 32.2 Å². The number of pyridine rings is 2. The van der Waals surface area contributed by atoms with E-state index in [9.17, 15) is 10.1 Å². The molecule has 2 saturated carbocycles. The number of nitrogens with one attached hydrogen (secondary N) is 1. The van der Waals surface area contributed by atoms with Gasteiger partial charge in [-0.1, -0.05) is 35.3 Å². The third-order valence-corrected chi connectivity index (χ3v) is 13.0. The molecule has 11 heteroatoms. The molecular formula is C42H41Cl2FN6O2. The first-order valence-electron chi connectivity index (χ1n) is 18.7. The summed E-state index contributed by atoms with van der Waals surface area (Å²) in [5, 5.41) is 15.6. The largest absolute Gasteiger partial charge is 0.372 e. The number of hydrogen-bond acceptors (Lipinski definition) is 6. The molecule has 0 radical (unpaired) electrons. The summed E-state index contributed by atoms with van der Waals surface area (Å²) in [7, 11) is 0. The van der Waals surface area contributed by atoms with E-state index in [1.54, 1.807) is 18.2 Å². The van der Waals surface area contributed by atoms with Crippen LogP contribution in [-0.4, -0.2) is 50.6 Å². The first-order chi connectivity index (χ1) is 25.6. The number of benzene rings is 2. The molecule has 1 amide bonds. The maximum absolute atomic E-state index is 17.2. The fourth-order valence-electron chi connectivity index (χ4n) is 9.25. The lowest BCUT2D eigenvalue weighted by Crippen LogP contribution is -2.41. The zero-order chi connectivity index (χ0) is 36.7. The number of fused-ring (bicyclic) bond motifs is 4. The lowest BCUT2D eigenvalue weighted by Gasteiger charge is -2.39. The van der Waals surface area contributed by atoms with Crippen molar-refractivity contribution in [3.05, 3.63) is 92.2 Å². The van der Waals surface area contributed by atoms with Crippen LogP contribution in [0.25, 0.3) is 32.9 Å². The molecular weight excluding hydrogens is 710 g/mol. The van der Waals surface area contributed by atoms with Crippen LogP contribution in [0.3, 0.4) is 0 Å².